The molecule has 0 saturated carbocycles. The van der Waals surface area contributed by atoms with Crippen molar-refractivity contribution in [3.8, 4) is 23.1 Å². The van der Waals surface area contributed by atoms with Crippen LogP contribution < -0.4 is 15.2 Å². The van der Waals surface area contributed by atoms with Crippen LogP contribution in [0.15, 0.2) is 46.3 Å². The number of aliphatic imine (C=N–C) groups is 1. The van der Waals surface area contributed by atoms with E-state index in [-0.39, 0.29) is 22.7 Å². The Morgan fingerprint density at radius 3 is 2.58 bits per heavy atom. The van der Waals surface area contributed by atoms with Gasteiger partial charge in [0.15, 0.2) is 11.5 Å². The Bertz CT molecular complexity index is 1370. The number of aromatic nitrogens is 2. The van der Waals surface area contributed by atoms with Crippen molar-refractivity contribution in [3.05, 3.63) is 69.3 Å². The van der Waals surface area contributed by atoms with Crippen molar-refractivity contribution in [2.75, 3.05) is 7.11 Å². The first-order chi connectivity index (χ1) is 15.5. The first kappa shape index (κ1) is 21.4. The second-order valence-electron chi connectivity index (χ2n) is 10.2. The molecule has 1 N–H and O–H groups in total. The molecule has 3 heterocycles. The molecule has 7 heteroatoms. The van der Waals surface area contributed by atoms with E-state index in [1.54, 1.807) is 14.2 Å². The Labute approximate surface area is 192 Å². The third-order valence-electron chi connectivity index (χ3n) is 6.31. The zero-order valence-electron chi connectivity index (χ0n) is 19.9. The summed E-state index contributed by atoms with van der Waals surface area (Å²) in [7, 11) is 3.29. The van der Waals surface area contributed by atoms with Crippen molar-refractivity contribution in [3.63, 3.8) is 0 Å². The molecule has 33 heavy (non-hydrogen) atoms. The van der Waals surface area contributed by atoms with Crippen molar-refractivity contribution in [2.45, 2.75) is 51.7 Å². The summed E-state index contributed by atoms with van der Waals surface area (Å²) in [4.78, 5) is 17.7. The molecule has 0 spiro atoms. The van der Waals surface area contributed by atoms with E-state index in [9.17, 15) is 9.90 Å². The van der Waals surface area contributed by atoms with Crippen molar-refractivity contribution in [1.82, 2.24) is 9.13 Å². The summed E-state index contributed by atoms with van der Waals surface area (Å²) < 4.78 is 14.6. The summed E-state index contributed by atoms with van der Waals surface area (Å²) in [5.74, 6) is 1.43. The van der Waals surface area contributed by atoms with Crippen LogP contribution in [0.3, 0.4) is 0 Å². The third kappa shape index (κ3) is 3.43. The summed E-state index contributed by atoms with van der Waals surface area (Å²) >= 11 is 0. The minimum atomic E-state index is -0.339. The van der Waals surface area contributed by atoms with E-state index in [0.717, 1.165) is 46.7 Å². The van der Waals surface area contributed by atoms with Gasteiger partial charge in [-0.25, -0.2) is 9.36 Å². The lowest BCUT2D eigenvalue weighted by atomic mass is 9.81. The van der Waals surface area contributed by atoms with Gasteiger partial charge in [0.25, 0.3) is 0 Å². The average molecular weight is 448 g/mol. The molecule has 0 unspecified atom stereocenters. The number of hydrogen-bond donors (Lipinski definition) is 1. The van der Waals surface area contributed by atoms with E-state index in [1.807, 2.05) is 24.3 Å². The molecule has 0 amide bonds. The number of aryl methyl sites for hydroxylation is 1. The standard InChI is InChI=1S/C26H29N3O4/c1-25(2)12-16-11-19(32-6)23-18(13-26(3,4)33-23)21(16)22(27-25)15-8-7-9-17(10-15)29-20(30)14-28(5)24(29)31/h7-11,14,30H,12-13H2,1-6H3. The summed E-state index contributed by atoms with van der Waals surface area (Å²) in [5, 5.41) is 10.3. The number of methoxy groups -OCH3 is 1. The van der Waals surface area contributed by atoms with Crippen LogP contribution in [0.25, 0.3) is 5.69 Å². The largest absolute Gasteiger partial charge is 0.493 e. The Balaban J connectivity index is 1.74. The molecule has 2 aliphatic heterocycles. The van der Waals surface area contributed by atoms with Crippen molar-refractivity contribution >= 4 is 5.71 Å². The lowest BCUT2D eigenvalue weighted by Gasteiger charge is -2.31. The van der Waals surface area contributed by atoms with Gasteiger partial charge in [0.2, 0.25) is 5.88 Å². The molecule has 3 aromatic rings. The maximum absolute atomic E-state index is 12.6. The number of rotatable bonds is 3. The van der Waals surface area contributed by atoms with Gasteiger partial charge in [0.05, 0.1) is 30.2 Å². The SMILES string of the molecule is COc1cc2c(c3c1OC(C)(C)C3)C(c1cccc(-n3c(O)cn(C)c3=O)c1)=NC(C)(C)C2. The van der Waals surface area contributed by atoms with E-state index in [4.69, 9.17) is 14.5 Å². The molecule has 2 aliphatic rings. The number of fused-ring (bicyclic) bond motifs is 3. The van der Waals surface area contributed by atoms with Gasteiger partial charge < -0.3 is 14.6 Å². The number of benzene rings is 2. The zero-order chi connectivity index (χ0) is 23.7. The van der Waals surface area contributed by atoms with E-state index < -0.39 is 0 Å². The molecule has 2 aromatic carbocycles. The second-order valence-corrected chi connectivity index (χ2v) is 10.2. The second kappa shape index (κ2) is 7.01. The molecule has 0 bridgehead atoms. The van der Waals surface area contributed by atoms with Gasteiger partial charge in [-0.1, -0.05) is 12.1 Å². The van der Waals surface area contributed by atoms with Crippen LogP contribution in [0.1, 0.15) is 49.9 Å². The van der Waals surface area contributed by atoms with Gasteiger partial charge in [-0.2, -0.15) is 0 Å². The van der Waals surface area contributed by atoms with Crippen molar-refractivity contribution < 1.29 is 14.6 Å². The topological polar surface area (TPSA) is 78.0 Å². The minimum absolute atomic E-state index is 0.105. The lowest BCUT2D eigenvalue weighted by Crippen LogP contribution is -2.30. The molecule has 0 fully saturated rings. The molecule has 0 saturated heterocycles. The van der Waals surface area contributed by atoms with Gasteiger partial charge in [-0.15, -0.1) is 0 Å². The fraction of sp³-hybridized carbons (Fsp3) is 0.385. The predicted molar refractivity (Wildman–Crippen MR) is 128 cm³/mol. The molecule has 0 aliphatic carbocycles. The van der Waals surface area contributed by atoms with Crippen LogP contribution in [-0.2, 0) is 19.9 Å². The highest BCUT2D eigenvalue weighted by molar-refractivity contribution is 6.16. The normalized spacial score (nSPS) is 17.7. The molecule has 7 nitrogen and oxygen atoms in total. The highest BCUT2D eigenvalue weighted by atomic mass is 16.5. The highest BCUT2D eigenvalue weighted by Crippen LogP contribution is 2.47. The van der Waals surface area contributed by atoms with Crippen LogP contribution in [-0.4, -0.2) is 38.2 Å². The number of imidazole rings is 1. The minimum Gasteiger partial charge on any atom is -0.493 e. The number of hydrogen-bond acceptors (Lipinski definition) is 5. The van der Waals surface area contributed by atoms with Crippen LogP contribution >= 0.6 is 0 Å². The van der Waals surface area contributed by atoms with Crippen LogP contribution in [0.2, 0.25) is 0 Å². The van der Waals surface area contributed by atoms with E-state index in [0.29, 0.717) is 5.69 Å². The Hall–Kier alpha value is -3.48. The smallest absolute Gasteiger partial charge is 0.335 e. The number of ether oxygens (including phenoxy) is 2. The quantitative estimate of drug-likeness (QED) is 0.663. The molecule has 1 aromatic heterocycles. The van der Waals surface area contributed by atoms with E-state index in [2.05, 4.69) is 33.8 Å². The summed E-state index contributed by atoms with van der Waals surface area (Å²) in [6.45, 7) is 8.39. The van der Waals surface area contributed by atoms with Crippen molar-refractivity contribution in [1.29, 1.82) is 0 Å². The summed E-state index contributed by atoms with van der Waals surface area (Å²) in [5.41, 5.74) is 4.74. The Morgan fingerprint density at radius 2 is 1.91 bits per heavy atom. The summed E-state index contributed by atoms with van der Waals surface area (Å²) in [6.07, 6.45) is 2.94. The van der Waals surface area contributed by atoms with E-state index in [1.165, 1.54) is 20.9 Å². The van der Waals surface area contributed by atoms with Crippen molar-refractivity contribution in [2.24, 2.45) is 12.0 Å². The molecular formula is C26H29N3O4. The van der Waals surface area contributed by atoms with Gasteiger partial charge in [0.1, 0.15) is 5.60 Å². The predicted octanol–water partition coefficient (Wildman–Crippen LogP) is 3.78. The van der Waals surface area contributed by atoms with Gasteiger partial charge >= 0.3 is 5.69 Å². The third-order valence-corrected chi connectivity index (χ3v) is 6.31. The van der Waals surface area contributed by atoms with Crippen LogP contribution in [0, 0.1) is 0 Å². The highest BCUT2D eigenvalue weighted by Gasteiger charge is 2.39. The maximum atomic E-state index is 12.6. The van der Waals surface area contributed by atoms with Gasteiger partial charge in [0, 0.05) is 30.2 Å². The zero-order valence-corrected chi connectivity index (χ0v) is 19.9. The number of nitrogens with zero attached hydrogens (tertiary/aromatic N) is 3. The van der Waals surface area contributed by atoms with Gasteiger partial charge in [-0.05, 0) is 57.9 Å². The van der Waals surface area contributed by atoms with Crippen LogP contribution in [0.4, 0.5) is 0 Å². The molecular weight excluding hydrogens is 418 g/mol. The Kier molecular flexibility index (Phi) is 4.54. The fourth-order valence-electron chi connectivity index (χ4n) is 5.01. The Morgan fingerprint density at radius 1 is 1.15 bits per heavy atom. The molecule has 0 atom stereocenters. The molecule has 172 valence electrons. The lowest BCUT2D eigenvalue weighted by molar-refractivity contribution is 0.134. The monoisotopic (exact) mass is 447 g/mol. The average Bonchev–Trinajstić information content (AvgIpc) is 3.19. The fourth-order valence-corrected chi connectivity index (χ4v) is 5.01. The van der Waals surface area contributed by atoms with Crippen LogP contribution in [0.5, 0.6) is 17.4 Å². The van der Waals surface area contributed by atoms with Gasteiger partial charge in [-0.3, -0.25) is 9.56 Å². The maximum Gasteiger partial charge on any atom is 0.335 e. The number of aromatic hydroxyl groups is 1. The first-order valence-corrected chi connectivity index (χ1v) is 11.1. The molecule has 0 radical (unpaired) electrons. The van der Waals surface area contributed by atoms with E-state index >= 15 is 0 Å². The molecule has 5 rings (SSSR count). The first-order valence-electron chi connectivity index (χ1n) is 11.1. The summed E-state index contributed by atoms with van der Waals surface area (Å²) in [6, 6.07) is 9.67.